The van der Waals surface area contributed by atoms with Gasteiger partial charge in [-0.25, -0.2) is 4.52 Å². The Labute approximate surface area is 139 Å². The van der Waals surface area contributed by atoms with Crippen LogP contribution < -0.4 is 0 Å². The molecule has 4 rings (SSSR count). The first kappa shape index (κ1) is 14.6. The minimum atomic E-state index is 0.664. The van der Waals surface area contributed by atoms with E-state index >= 15 is 0 Å². The van der Waals surface area contributed by atoms with Crippen LogP contribution in [0, 0.1) is 0 Å². The molecule has 0 fully saturated rings. The highest BCUT2D eigenvalue weighted by Crippen LogP contribution is 2.17. The molecule has 0 saturated heterocycles. The molecule has 4 aromatic rings. The van der Waals surface area contributed by atoms with Crippen LogP contribution in [0.4, 0.5) is 0 Å². The van der Waals surface area contributed by atoms with Crippen LogP contribution >= 0.6 is 0 Å². The van der Waals surface area contributed by atoms with Crippen molar-refractivity contribution >= 4 is 5.52 Å². The van der Waals surface area contributed by atoms with Crippen LogP contribution in [-0.2, 0) is 13.1 Å². The van der Waals surface area contributed by atoms with E-state index in [9.17, 15) is 0 Å². The number of nitrogens with zero attached hydrogens (tertiary/aromatic N) is 5. The van der Waals surface area contributed by atoms with Crippen molar-refractivity contribution in [3.63, 3.8) is 0 Å². The molecule has 4 aromatic heterocycles. The van der Waals surface area contributed by atoms with Gasteiger partial charge in [0.25, 0.3) is 0 Å². The number of hydrogen-bond donors (Lipinski definition) is 0. The van der Waals surface area contributed by atoms with Gasteiger partial charge in [-0.15, -0.1) is 0 Å². The molecule has 4 heterocycles. The molecular weight excluding hydrogens is 302 g/mol. The molecule has 0 saturated carbocycles. The average molecular weight is 319 g/mol. The molecule has 0 N–H and O–H groups in total. The van der Waals surface area contributed by atoms with Crippen molar-refractivity contribution in [1.29, 1.82) is 0 Å². The molecule has 0 aromatic carbocycles. The maximum absolute atomic E-state index is 5.45. The molecule has 6 heteroatoms. The van der Waals surface area contributed by atoms with Gasteiger partial charge in [-0.05, 0) is 37.4 Å². The minimum absolute atomic E-state index is 0.664. The molecule has 0 radical (unpaired) electrons. The van der Waals surface area contributed by atoms with E-state index in [0.29, 0.717) is 6.54 Å². The second kappa shape index (κ2) is 6.25. The highest BCUT2D eigenvalue weighted by atomic mass is 16.5. The summed E-state index contributed by atoms with van der Waals surface area (Å²) in [6, 6.07) is 15.9. The van der Waals surface area contributed by atoms with Crippen LogP contribution in [-0.4, -0.2) is 31.7 Å². The van der Waals surface area contributed by atoms with Crippen LogP contribution in [0.5, 0.6) is 0 Å². The van der Waals surface area contributed by atoms with Gasteiger partial charge in [-0.2, -0.15) is 5.10 Å². The lowest BCUT2D eigenvalue weighted by molar-refractivity contribution is 0.263. The summed E-state index contributed by atoms with van der Waals surface area (Å²) in [5, 5.41) is 8.47. The van der Waals surface area contributed by atoms with Gasteiger partial charge < -0.3 is 4.52 Å². The van der Waals surface area contributed by atoms with Gasteiger partial charge in [0.15, 0.2) is 5.76 Å². The fourth-order valence-electron chi connectivity index (χ4n) is 2.75. The monoisotopic (exact) mass is 319 g/mol. The Balaban J connectivity index is 1.48. The summed E-state index contributed by atoms with van der Waals surface area (Å²) >= 11 is 0. The third-order valence-electron chi connectivity index (χ3n) is 3.84. The largest absolute Gasteiger partial charge is 0.359 e. The van der Waals surface area contributed by atoms with Crippen LogP contribution in [0.25, 0.3) is 16.9 Å². The third-order valence-corrected chi connectivity index (χ3v) is 3.84. The fourth-order valence-corrected chi connectivity index (χ4v) is 2.75. The summed E-state index contributed by atoms with van der Waals surface area (Å²) in [5.41, 5.74) is 3.80. The highest BCUT2D eigenvalue weighted by Gasteiger charge is 2.11. The Bertz CT molecular complexity index is 944. The smallest absolute Gasteiger partial charge is 0.151 e. The van der Waals surface area contributed by atoms with E-state index in [0.717, 1.165) is 34.9 Å². The summed E-state index contributed by atoms with van der Waals surface area (Å²) in [7, 11) is 2.05. The lowest BCUT2D eigenvalue weighted by Gasteiger charge is -2.15. The first-order valence-corrected chi connectivity index (χ1v) is 7.77. The minimum Gasteiger partial charge on any atom is -0.359 e. The second-order valence-electron chi connectivity index (χ2n) is 5.75. The van der Waals surface area contributed by atoms with Crippen molar-refractivity contribution in [2.75, 3.05) is 7.05 Å². The summed E-state index contributed by atoms with van der Waals surface area (Å²) in [6.07, 6.45) is 3.56. The van der Waals surface area contributed by atoms with Gasteiger partial charge in [0.2, 0.25) is 0 Å². The van der Waals surface area contributed by atoms with Gasteiger partial charge in [-0.3, -0.25) is 9.88 Å². The Hall–Kier alpha value is -2.99. The zero-order valence-electron chi connectivity index (χ0n) is 13.3. The van der Waals surface area contributed by atoms with Crippen LogP contribution in [0.2, 0.25) is 0 Å². The molecule has 0 aliphatic rings. The zero-order chi connectivity index (χ0) is 16.4. The first-order valence-electron chi connectivity index (χ1n) is 7.77. The number of aromatic nitrogens is 4. The molecular formula is C18H17N5O. The van der Waals surface area contributed by atoms with Crippen LogP contribution in [0.15, 0.2) is 65.4 Å². The quantitative estimate of drug-likeness (QED) is 0.566. The third kappa shape index (κ3) is 2.91. The maximum Gasteiger partial charge on any atom is 0.151 e. The van der Waals surface area contributed by atoms with Crippen LogP contribution in [0.1, 0.15) is 11.5 Å². The SMILES string of the molecule is CN(Cc1cc(-c2ccccn2)no1)Cc1cccc2ccnn12. The average Bonchev–Trinajstić information content (AvgIpc) is 3.25. The standard InChI is InChI=1S/C18H17N5O/c1-22(12-15-6-4-5-14-8-10-20-23(14)15)13-16-11-18(21-24-16)17-7-2-3-9-19-17/h2-11H,12-13H2,1H3. The number of hydrogen-bond acceptors (Lipinski definition) is 5. The van der Waals surface area contributed by atoms with Crippen molar-refractivity contribution in [2.24, 2.45) is 0 Å². The maximum atomic E-state index is 5.45. The predicted octanol–water partition coefficient (Wildman–Crippen LogP) is 3.02. The van der Waals surface area contributed by atoms with E-state index in [1.807, 2.05) is 60.2 Å². The molecule has 0 aliphatic carbocycles. The van der Waals surface area contributed by atoms with Crippen molar-refractivity contribution in [1.82, 2.24) is 24.7 Å². The summed E-state index contributed by atoms with van der Waals surface area (Å²) < 4.78 is 7.40. The topological polar surface area (TPSA) is 59.5 Å². The summed E-state index contributed by atoms with van der Waals surface area (Å²) in [5.74, 6) is 0.811. The zero-order valence-corrected chi connectivity index (χ0v) is 13.3. The first-order chi connectivity index (χ1) is 11.8. The van der Waals surface area contributed by atoms with Gasteiger partial charge in [0.05, 0.1) is 23.4 Å². The normalized spacial score (nSPS) is 11.4. The van der Waals surface area contributed by atoms with Crippen molar-refractivity contribution in [2.45, 2.75) is 13.1 Å². The Morgan fingerprint density at radius 2 is 1.96 bits per heavy atom. The molecule has 0 aliphatic heterocycles. The molecule has 6 nitrogen and oxygen atoms in total. The van der Waals surface area contributed by atoms with Gasteiger partial charge in [0.1, 0.15) is 5.69 Å². The van der Waals surface area contributed by atoms with Crippen molar-refractivity contribution in [3.05, 3.63) is 72.4 Å². The Morgan fingerprint density at radius 3 is 2.83 bits per heavy atom. The highest BCUT2D eigenvalue weighted by molar-refractivity contribution is 5.53. The molecule has 24 heavy (non-hydrogen) atoms. The van der Waals surface area contributed by atoms with E-state index < -0.39 is 0 Å². The Kier molecular flexibility index (Phi) is 3.80. The Morgan fingerprint density at radius 1 is 1.00 bits per heavy atom. The molecule has 0 amide bonds. The lowest BCUT2D eigenvalue weighted by Crippen LogP contribution is -2.18. The fraction of sp³-hybridized carbons (Fsp3) is 0.167. The second-order valence-corrected chi connectivity index (χ2v) is 5.75. The van der Waals surface area contributed by atoms with E-state index in [1.165, 1.54) is 0 Å². The van der Waals surface area contributed by atoms with Crippen molar-refractivity contribution < 1.29 is 4.52 Å². The molecule has 0 atom stereocenters. The lowest BCUT2D eigenvalue weighted by atomic mass is 10.2. The summed E-state index contributed by atoms with van der Waals surface area (Å²) in [6.45, 7) is 1.43. The number of fused-ring (bicyclic) bond motifs is 1. The number of rotatable bonds is 5. The van der Waals surface area contributed by atoms with E-state index in [1.54, 1.807) is 6.20 Å². The summed E-state index contributed by atoms with van der Waals surface area (Å²) in [4.78, 5) is 6.46. The molecule has 0 unspecified atom stereocenters. The van der Waals surface area contributed by atoms with Gasteiger partial charge in [0, 0.05) is 25.0 Å². The number of pyridine rings is 2. The molecule has 0 spiro atoms. The van der Waals surface area contributed by atoms with Crippen LogP contribution in [0.3, 0.4) is 0 Å². The van der Waals surface area contributed by atoms with Crippen molar-refractivity contribution in [3.8, 4) is 11.4 Å². The van der Waals surface area contributed by atoms with E-state index in [-0.39, 0.29) is 0 Å². The molecule has 120 valence electrons. The molecule has 0 bridgehead atoms. The van der Waals surface area contributed by atoms with Gasteiger partial charge in [-0.1, -0.05) is 17.3 Å². The predicted molar refractivity (Wildman–Crippen MR) is 90.1 cm³/mol. The van der Waals surface area contributed by atoms with E-state index in [2.05, 4.69) is 26.2 Å². The van der Waals surface area contributed by atoms with Gasteiger partial charge >= 0.3 is 0 Å². The van der Waals surface area contributed by atoms with E-state index in [4.69, 9.17) is 4.52 Å².